The lowest BCUT2D eigenvalue weighted by molar-refractivity contribution is -0.187. The van der Waals surface area contributed by atoms with E-state index < -0.39 is 0 Å². The first kappa shape index (κ1) is 9.47. The summed E-state index contributed by atoms with van der Waals surface area (Å²) in [5.41, 5.74) is 0.295. The molecular weight excluding hydrogens is 164 g/mol. The van der Waals surface area contributed by atoms with Gasteiger partial charge in [0, 0.05) is 19.6 Å². The first-order chi connectivity index (χ1) is 6.23. The topological polar surface area (TPSA) is 18.5 Å². The Morgan fingerprint density at radius 3 is 1.62 bits per heavy atom. The summed E-state index contributed by atoms with van der Waals surface area (Å²) in [4.78, 5) is 0. The molecule has 0 aromatic heterocycles. The van der Waals surface area contributed by atoms with E-state index in [1.165, 1.54) is 25.7 Å². The van der Waals surface area contributed by atoms with Gasteiger partial charge >= 0.3 is 0 Å². The van der Waals surface area contributed by atoms with E-state index in [-0.39, 0.29) is 6.29 Å². The van der Waals surface area contributed by atoms with E-state index in [1.807, 2.05) is 0 Å². The van der Waals surface area contributed by atoms with E-state index in [4.69, 9.17) is 9.47 Å². The lowest BCUT2D eigenvalue weighted by atomic mass is 9.79. The fourth-order valence-corrected chi connectivity index (χ4v) is 2.73. The molecule has 0 amide bonds. The van der Waals surface area contributed by atoms with E-state index in [9.17, 15) is 0 Å². The van der Waals surface area contributed by atoms with Gasteiger partial charge in [-0.05, 0) is 37.5 Å². The van der Waals surface area contributed by atoms with Crippen molar-refractivity contribution in [1.29, 1.82) is 0 Å². The normalized spacial score (nSPS) is 24.0. The predicted molar refractivity (Wildman–Crippen MR) is 51.4 cm³/mol. The number of hydrogen-bond donors (Lipinski definition) is 0. The standard InChI is InChI=1S/C11H20O2/c1-11(8-4-5-8,9-6-7-9)10(12-2)13-3/h8-10H,4-7H2,1-3H3. The molecule has 2 heteroatoms. The van der Waals surface area contributed by atoms with Gasteiger partial charge in [0.05, 0.1) is 0 Å². The van der Waals surface area contributed by atoms with Crippen molar-refractivity contribution >= 4 is 0 Å². The number of methoxy groups -OCH3 is 2. The molecule has 0 aliphatic heterocycles. The highest BCUT2D eigenvalue weighted by molar-refractivity contribution is 5.02. The third-order valence-electron chi connectivity index (χ3n) is 3.85. The van der Waals surface area contributed by atoms with Crippen molar-refractivity contribution in [3.05, 3.63) is 0 Å². The third-order valence-corrected chi connectivity index (χ3v) is 3.85. The molecule has 0 spiro atoms. The SMILES string of the molecule is COC(OC)C(C)(C1CC1)C1CC1. The Morgan fingerprint density at radius 2 is 1.38 bits per heavy atom. The number of rotatable bonds is 5. The highest BCUT2D eigenvalue weighted by Gasteiger charge is 2.55. The van der Waals surface area contributed by atoms with Crippen LogP contribution >= 0.6 is 0 Å². The van der Waals surface area contributed by atoms with Gasteiger partial charge < -0.3 is 9.47 Å². The highest BCUT2D eigenvalue weighted by atomic mass is 16.7. The Morgan fingerprint density at radius 1 is 1.00 bits per heavy atom. The minimum atomic E-state index is 0.00694. The molecule has 76 valence electrons. The van der Waals surface area contributed by atoms with E-state index in [2.05, 4.69) is 6.92 Å². The van der Waals surface area contributed by atoms with E-state index in [0.29, 0.717) is 5.41 Å². The molecule has 0 heterocycles. The van der Waals surface area contributed by atoms with Gasteiger partial charge in [-0.2, -0.15) is 0 Å². The minimum absolute atomic E-state index is 0.00694. The second-order valence-corrected chi connectivity index (χ2v) is 4.72. The fraction of sp³-hybridized carbons (Fsp3) is 1.00. The molecule has 0 saturated heterocycles. The summed E-state index contributed by atoms with van der Waals surface area (Å²) in [5.74, 6) is 1.70. The maximum absolute atomic E-state index is 5.44. The molecule has 2 fully saturated rings. The van der Waals surface area contributed by atoms with Crippen LogP contribution in [-0.2, 0) is 9.47 Å². The van der Waals surface area contributed by atoms with Crippen LogP contribution in [0.2, 0.25) is 0 Å². The zero-order valence-electron chi connectivity index (χ0n) is 8.88. The van der Waals surface area contributed by atoms with Crippen molar-refractivity contribution in [2.45, 2.75) is 38.9 Å². The van der Waals surface area contributed by atoms with Gasteiger partial charge in [-0.15, -0.1) is 0 Å². The van der Waals surface area contributed by atoms with Gasteiger partial charge in [0.25, 0.3) is 0 Å². The van der Waals surface area contributed by atoms with Crippen molar-refractivity contribution in [1.82, 2.24) is 0 Å². The minimum Gasteiger partial charge on any atom is -0.355 e. The van der Waals surface area contributed by atoms with Crippen LogP contribution in [0.1, 0.15) is 32.6 Å². The molecule has 2 aliphatic carbocycles. The maximum Gasteiger partial charge on any atom is 0.162 e. The zero-order valence-corrected chi connectivity index (χ0v) is 8.88. The van der Waals surface area contributed by atoms with Gasteiger partial charge in [-0.3, -0.25) is 0 Å². The first-order valence-corrected chi connectivity index (χ1v) is 5.29. The molecule has 0 aromatic carbocycles. The van der Waals surface area contributed by atoms with Gasteiger partial charge in [0.2, 0.25) is 0 Å². The molecule has 0 radical (unpaired) electrons. The average Bonchev–Trinajstić information content (AvgIpc) is 2.98. The second kappa shape index (κ2) is 3.25. The van der Waals surface area contributed by atoms with Crippen LogP contribution < -0.4 is 0 Å². The molecule has 13 heavy (non-hydrogen) atoms. The predicted octanol–water partition coefficient (Wildman–Crippen LogP) is 2.43. The summed E-state index contributed by atoms with van der Waals surface area (Å²) >= 11 is 0. The largest absolute Gasteiger partial charge is 0.355 e. The Bertz CT molecular complexity index is 167. The third kappa shape index (κ3) is 1.50. The molecule has 0 N–H and O–H groups in total. The lowest BCUT2D eigenvalue weighted by Gasteiger charge is -2.36. The highest BCUT2D eigenvalue weighted by Crippen LogP contribution is 2.60. The summed E-state index contributed by atoms with van der Waals surface area (Å²) in [6.45, 7) is 2.35. The maximum atomic E-state index is 5.44. The zero-order chi connectivity index (χ0) is 9.47. The first-order valence-electron chi connectivity index (χ1n) is 5.29. The Labute approximate surface area is 80.6 Å². The summed E-state index contributed by atoms with van der Waals surface area (Å²) in [6.07, 6.45) is 5.49. The van der Waals surface area contributed by atoms with Crippen molar-refractivity contribution in [2.24, 2.45) is 17.3 Å². The summed E-state index contributed by atoms with van der Waals surface area (Å²) in [5, 5.41) is 0. The molecule has 0 atom stereocenters. The van der Waals surface area contributed by atoms with E-state index in [1.54, 1.807) is 14.2 Å². The van der Waals surface area contributed by atoms with Crippen LogP contribution in [-0.4, -0.2) is 20.5 Å². The van der Waals surface area contributed by atoms with Crippen molar-refractivity contribution in [3.8, 4) is 0 Å². The summed E-state index contributed by atoms with van der Waals surface area (Å²) in [6, 6.07) is 0. The van der Waals surface area contributed by atoms with Crippen LogP contribution in [0.4, 0.5) is 0 Å². The average molecular weight is 184 g/mol. The van der Waals surface area contributed by atoms with Gasteiger partial charge in [-0.25, -0.2) is 0 Å². The van der Waals surface area contributed by atoms with Gasteiger partial charge in [0.1, 0.15) is 0 Å². The van der Waals surface area contributed by atoms with Crippen molar-refractivity contribution in [3.63, 3.8) is 0 Å². The Hall–Kier alpha value is -0.0800. The fourth-order valence-electron chi connectivity index (χ4n) is 2.73. The van der Waals surface area contributed by atoms with Gasteiger partial charge in [-0.1, -0.05) is 6.92 Å². The van der Waals surface area contributed by atoms with E-state index >= 15 is 0 Å². The molecule has 0 bridgehead atoms. The smallest absolute Gasteiger partial charge is 0.162 e. The van der Waals surface area contributed by atoms with Crippen LogP contribution in [0.3, 0.4) is 0 Å². The Balaban J connectivity index is 2.09. The van der Waals surface area contributed by atoms with Crippen LogP contribution in [0.5, 0.6) is 0 Å². The number of hydrogen-bond acceptors (Lipinski definition) is 2. The Kier molecular flexibility index (Phi) is 2.37. The molecule has 2 nitrogen and oxygen atoms in total. The summed E-state index contributed by atoms with van der Waals surface area (Å²) in [7, 11) is 3.52. The quantitative estimate of drug-likeness (QED) is 0.611. The lowest BCUT2D eigenvalue weighted by Crippen LogP contribution is -2.39. The molecule has 2 saturated carbocycles. The molecular formula is C11H20O2. The number of ether oxygens (including phenoxy) is 2. The monoisotopic (exact) mass is 184 g/mol. The summed E-state index contributed by atoms with van der Waals surface area (Å²) < 4.78 is 10.9. The molecule has 0 unspecified atom stereocenters. The van der Waals surface area contributed by atoms with Crippen molar-refractivity contribution in [2.75, 3.05) is 14.2 Å². The van der Waals surface area contributed by atoms with Crippen LogP contribution in [0, 0.1) is 17.3 Å². The molecule has 2 aliphatic rings. The molecule has 2 rings (SSSR count). The van der Waals surface area contributed by atoms with Gasteiger partial charge in [0.15, 0.2) is 6.29 Å². The van der Waals surface area contributed by atoms with Crippen LogP contribution in [0.15, 0.2) is 0 Å². The van der Waals surface area contributed by atoms with Crippen molar-refractivity contribution < 1.29 is 9.47 Å². The van der Waals surface area contributed by atoms with Crippen LogP contribution in [0.25, 0.3) is 0 Å². The van der Waals surface area contributed by atoms with E-state index in [0.717, 1.165) is 11.8 Å². The second-order valence-electron chi connectivity index (χ2n) is 4.72. The molecule has 0 aromatic rings.